The standard InChI is InChI=1S/C18H15ClFNO3/c1-3-8-24-17-10-16(15(20)9-14(17)19)21(2)18(23)13-7-5-4-6-12(13)11-22/h3-7,9-11H,1,8H2,2H3. The second-order valence-corrected chi connectivity index (χ2v) is 5.31. The predicted molar refractivity (Wildman–Crippen MR) is 91.7 cm³/mol. The lowest BCUT2D eigenvalue weighted by atomic mass is 10.1. The Bertz CT molecular complexity index is 792. The van der Waals surface area contributed by atoms with E-state index in [9.17, 15) is 14.0 Å². The fourth-order valence-corrected chi connectivity index (χ4v) is 2.32. The maximum atomic E-state index is 14.2. The predicted octanol–water partition coefficient (Wildman–Crippen LogP) is 4.13. The first kappa shape index (κ1) is 17.7. The van der Waals surface area contributed by atoms with Crippen LogP contribution in [0.15, 0.2) is 49.1 Å². The quantitative estimate of drug-likeness (QED) is 0.583. The molecule has 0 saturated heterocycles. The molecule has 2 aromatic rings. The van der Waals surface area contributed by atoms with Crippen LogP contribution in [0.4, 0.5) is 10.1 Å². The molecule has 0 unspecified atom stereocenters. The first-order chi connectivity index (χ1) is 11.5. The van der Waals surface area contributed by atoms with E-state index in [2.05, 4.69) is 6.58 Å². The topological polar surface area (TPSA) is 46.6 Å². The lowest BCUT2D eigenvalue weighted by Gasteiger charge is -2.20. The second-order valence-electron chi connectivity index (χ2n) is 4.90. The van der Waals surface area contributed by atoms with E-state index in [0.717, 1.165) is 11.0 Å². The zero-order valence-corrected chi connectivity index (χ0v) is 13.7. The van der Waals surface area contributed by atoms with Gasteiger partial charge in [-0.25, -0.2) is 4.39 Å². The number of rotatable bonds is 6. The number of hydrogen-bond acceptors (Lipinski definition) is 3. The third-order valence-corrected chi connectivity index (χ3v) is 3.64. The molecule has 0 aliphatic carbocycles. The molecule has 0 N–H and O–H groups in total. The lowest BCUT2D eigenvalue weighted by Crippen LogP contribution is -2.28. The summed E-state index contributed by atoms with van der Waals surface area (Å²) in [6.07, 6.45) is 2.10. The second kappa shape index (κ2) is 7.75. The van der Waals surface area contributed by atoms with Gasteiger partial charge in [-0.15, -0.1) is 0 Å². The highest BCUT2D eigenvalue weighted by Crippen LogP contribution is 2.32. The molecule has 0 radical (unpaired) electrons. The molecule has 0 aliphatic rings. The van der Waals surface area contributed by atoms with Crippen molar-refractivity contribution in [2.75, 3.05) is 18.6 Å². The molecule has 0 aliphatic heterocycles. The minimum Gasteiger partial charge on any atom is -0.488 e. The number of amides is 1. The van der Waals surface area contributed by atoms with Crippen LogP contribution >= 0.6 is 11.6 Å². The number of carbonyl (C=O) groups excluding carboxylic acids is 2. The first-order valence-corrected chi connectivity index (χ1v) is 7.42. The average molecular weight is 348 g/mol. The number of hydrogen-bond donors (Lipinski definition) is 0. The van der Waals surface area contributed by atoms with E-state index >= 15 is 0 Å². The molecule has 0 fully saturated rings. The summed E-state index contributed by atoms with van der Waals surface area (Å²) >= 11 is 5.94. The van der Waals surface area contributed by atoms with Crippen LogP contribution in [0.1, 0.15) is 20.7 Å². The van der Waals surface area contributed by atoms with Gasteiger partial charge in [0, 0.05) is 18.7 Å². The van der Waals surface area contributed by atoms with E-state index in [0.29, 0.717) is 6.29 Å². The molecule has 0 heterocycles. The van der Waals surface area contributed by atoms with Crippen molar-refractivity contribution < 1.29 is 18.7 Å². The van der Waals surface area contributed by atoms with Crippen molar-refractivity contribution in [1.82, 2.24) is 0 Å². The molecule has 6 heteroatoms. The Morgan fingerprint density at radius 2 is 2.08 bits per heavy atom. The first-order valence-electron chi connectivity index (χ1n) is 7.04. The van der Waals surface area contributed by atoms with Gasteiger partial charge in [-0.3, -0.25) is 9.59 Å². The molecule has 4 nitrogen and oxygen atoms in total. The molecule has 2 aromatic carbocycles. The summed E-state index contributed by atoms with van der Waals surface area (Å²) in [6, 6.07) is 8.71. The molecular weight excluding hydrogens is 333 g/mol. The van der Waals surface area contributed by atoms with Crippen LogP contribution in [0, 0.1) is 5.82 Å². The van der Waals surface area contributed by atoms with Crippen molar-refractivity contribution in [2.45, 2.75) is 0 Å². The summed E-state index contributed by atoms with van der Waals surface area (Å²) in [7, 11) is 1.41. The summed E-state index contributed by atoms with van der Waals surface area (Å²) < 4.78 is 19.6. The van der Waals surface area contributed by atoms with Gasteiger partial charge >= 0.3 is 0 Å². The van der Waals surface area contributed by atoms with E-state index < -0.39 is 11.7 Å². The summed E-state index contributed by atoms with van der Waals surface area (Å²) in [6.45, 7) is 3.72. The van der Waals surface area contributed by atoms with Gasteiger partial charge in [0.15, 0.2) is 6.29 Å². The van der Waals surface area contributed by atoms with E-state index in [1.165, 1.54) is 31.3 Å². The van der Waals surface area contributed by atoms with Crippen molar-refractivity contribution in [1.29, 1.82) is 0 Å². The van der Waals surface area contributed by atoms with Crippen LogP contribution < -0.4 is 9.64 Å². The minimum absolute atomic E-state index is 0.0100. The summed E-state index contributed by atoms with van der Waals surface area (Å²) in [5.74, 6) is -0.963. The zero-order valence-electron chi connectivity index (χ0n) is 13.0. The van der Waals surface area contributed by atoms with Gasteiger partial charge in [0.25, 0.3) is 5.91 Å². The number of benzene rings is 2. The van der Waals surface area contributed by atoms with Crippen LogP contribution in [0.3, 0.4) is 0 Å². The zero-order chi connectivity index (χ0) is 17.7. The highest BCUT2D eigenvalue weighted by molar-refractivity contribution is 6.32. The number of nitrogens with zero attached hydrogens (tertiary/aromatic N) is 1. The number of ether oxygens (including phenoxy) is 1. The van der Waals surface area contributed by atoms with Gasteiger partial charge in [-0.2, -0.15) is 0 Å². The van der Waals surface area contributed by atoms with Crippen molar-refractivity contribution in [2.24, 2.45) is 0 Å². The Morgan fingerprint density at radius 3 is 2.75 bits per heavy atom. The molecule has 0 aromatic heterocycles. The molecule has 1 amide bonds. The van der Waals surface area contributed by atoms with Crippen LogP contribution in [0.25, 0.3) is 0 Å². The SMILES string of the molecule is C=CCOc1cc(N(C)C(=O)c2ccccc2C=O)c(F)cc1Cl. The summed E-state index contributed by atoms with van der Waals surface area (Å²) in [5.41, 5.74) is 0.397. The van der Waals surface area contributed by atoms with E-state index in [1.54, 1.807) is 12.1 Å². The largest absolute Gasteiger partial charge is 0.488 e. The highest BCUT2D eigenvalue weighted by Gasteiger charge is 2.21. The average Bonchev–Trinajstić information content (AvgIpc) is 2.59. The van der Waals surface area contributed by atoms with Crippen molar-refractivity contribution in [3.05, 3.63) is 71.0 Å². The maximum Gasteiger partial charge on any atom is 0.258 e. The molecular formula is C18H15ClFNO3. The van der Waals surface area contributed by atoms with Crippen molar-refractivity contribution >= 4 is 29.5 Å². The minimum atomic E-state index is -0.676. The van der Waals surface area contributed by atoms with Gasteiger partial charge in [-0.1, -0.05) is 42.5 Å². The lowest BCUT2D eigenvalue weighted by molar-refractivity contribution is 0.0985. The van der Waals surface area contributed by atoms with Gasteiger partial charge in [0.05, 0.1) is 16.3 Å². The Balaban J connectivity index is 2.41. The monoisotopic (exact) mass is 347 g/mol. The normalized spacial score (nSPS) is 10.1. The maximum absolute atomic E-state index is 14.2. The highest BCUT2D eigenvalue weighted by atomic mass is 35.5. The Kier molecular flexibility index (Phi) is 5.71. The third kappa shape index (κ3) is 3.63. The van der Waals surface area contributed by atoms with E-state index in [-0.39, 0.29) is 34.2 Å². The summed E-state index contributed by atoms with van der Waals surface area (Å²) in [4.78, 5) is 24.8. The van der Waals surface area contributed by atoms with Gasteiger partial charge in [0.1, 0.15) is 18.2 Å². The fraction of sp³-hybridized carbons (Fsp3) is 0.111. The molecule has 24 heavy (non-hydrogen) atoms. The van der Waals surface area contributed by atoms with Crippen LogP contribution in [-0.2, 0) is 0 Å². The molecule has 0 saturated carbocycles. The number of aldehydes is 1. The summed E-state index contributed by atoms with van der Waals surface area (Å²) in [5, 5.41) is 0.0900. The van der Waals surface area contributed by atoms with Gasteiger partial charge in [0.2, 0.25) is 0 Å². The van der Waals surface area contributed by atoms with Crippen LogP contribution in [0.5, 0.6) is 5.75 Å². The van der Waals surface area contributed by atoms with Crippen LogP contribution in [-0.4, -0.2) is 25.8 Å². The van der Waals surface area contributed by atoms with Crippen LogP contribution in [0.2, 0.25) is 5.02 Å². The molecule has 124 valence electrons. The smallest absolute Gasteiger partial charge is 0.258 e. The van der Waals surface area contributed by atoms with E-state index in [1.807, 2.05) is 0 Å². The van der Waals surface area contributed by atoms with Crippen molar-refractivity contribution in [3.8, 4) is 5.75 Å². The fourth-order valence-electron chi connectivity index (χ4n) is 2.12. The number of anilines is 1. The third-order valence-electron chi connectivity index (χ3n) is 3.34. The number of carbonyl (C=O) groups is 2. The number of halogens is 2. The van der Waals surface area contributed by atoms with Gasteiger partial charge in [-0.05, 0) is 12.1 Å². The molecule has 0 atom stereocenters. The molecule has 2 rings (SSSR count). The molecule has 0 bridgehead atoms. The molecule has 0 spiro atoms. The Morgan fingerprint density at radius 1 is 1.38 bits per heavy atom. The van der Waals surface area contributed by atoms with E-state index in [4.69, 9.17) is 16.3 Å². The van der Waals surface area contributed by atoms with Crippen molar-refractivity contribution in [3.63, 3.8) is 0 Å². The Hall–Kier alpha value is -2.66. The van der Waals surface area contributed by atoms with Gasteiger partial charge < -0.3 is 9.64 Å². The Labute approximate surface area is 144 Å².